The van der Waals surface area contributed by atoms with Gasteiger partial charge in [-0.1, -0.05) is 12.1 Å². The molecule has 1 unspecified atom stereocenters. The minimum Gasteiger partial charge on any atom is -0.497 e. The van der Waals surface area contributed by atoms with Gasteiger partial charge in [0.05, 0.1) is 26.4 Å². The third kappa shape index (κ3) is 3.81. The van der Waals surface area contributed by atoms with E-state index in [4.69, 9.17) is 14.5 Å². The van der Waals surface area contributed by atoms with Crippen LogP contribution in [0.2, 0.25) is 0 Å². The average Bonchev–Trinajstić information content (AvgIpc) is 3.24. The lowest BCUT2D eigenvalue weighted by atomic mass is 10.1. The largest absolute Gasteiger partial charge is 0.497 e. The topological polar surface area (TPSA) is 50.7 Å². The summed E-state index contributed by atoms with van der Waals surface area (Å²) in [7, 11) is 1.70. The Kier molecular flexibility index (Phi) is 5.32. The van der Waals surface area contributed by atoms with E-state index >= 15 is 0 Å². The smallest absolute Gasteiger partial charge is 0.150 e. The quantitative estimate of drug-likeness (QED) is 0.823. The predicted molar refractivity (Wildman–Crippen MR) is 100 cm³/mol. The molecule has 1 aromatic heterocycles. The van der Waals surface area contributed by atoms with Gasteiger partial charge in [0, 0.05) is 32.4 Å². The van der Waals surface area contributed by atoms with Gasteiger partial charge in [0.25, 0.3) is 0 Å². The van der Waals surface area contributed by atoms with Crippen LogP contribution in [0.15, 0.2) is 36.5 Å². The summed E-state index contributed by atoms with van der Waals surface area (Å²) >= 11 is 0. The normalized spacial score (nSPS) is 21.1. The standard InChI is InChI=1S/C20H26N4O2/c1-25-17-6-4-5-16(13-17)14-24-11-12-26-15-18(24)20-21-8-7-19(22-20)23-9-2-3-10-23/h4-8,13,18H,2-3,9-12,14-15H2,1H3. The van der Waals surface area contributed by atoms with Crippen molar-refractivity contribution in [1.82, 2.24) is 14.9 Å². The van der Waals surface area contributed by atoms with Crippen LogP contribution in [0.1, 0.15) is 30.3 Å². The lowest BCUT2D eigenvalue weighted by molar-refractivity contribution is -0.0159. The Labute approximate surface area is 154 Å². The number of aromatic nitrogens is 2. The number of rotatable bonds is 5. The molecule has 2 aromatic rings. The van der Waals surface area contributed by atoms with Gasteiger partial charge in [-0.3, -0.25) is 4.90 Å². The fourth-order valence-corrected chi connectivity index (χ4v) is 3.72. The van der Waals surface area contributed by atoms with Crippen LogP contribution in [0.5, 0.6) is 5.75 Å². The summed E-state index contributed by atoms with van der Waals surface area (Å²) in [6.45, 7) is 5.26. The van der Waals surface area contributed by atoms with Crippen LogP contribution in [0, 0.1) is 0 Å². The van der Waals surface area contributed by atoms with Crippen molar-refractivity contribution in [3.63, 3.8) is 0 Å². The average molecular weight is 354 g/mol. The number of anilines is 1. The maximum Gasteiger partial charge on any atom is 0.150 e. The molecule has 0 bridgehead atoms. The van der Waals surface area contributed by atoms with Crippen LogP contribution in [0.4, 0.5) is 5.82 Å². The lowest BCUT2D eigenvalue weighted by Gasteiger charge is -2.34. The second-order valence-corrected chi connectivity index (χ2v) is 6.88. The lowest BCUT2D eigenvalue weighted by Crippen LogP contribution is -2.40. The van der Waals surface area contributed by atoms with Gasteiger partial charge in [-0.2, -0.15) is 0 Å². The Hall–Kier alpha value is -2.18. The zero-order chi connectivity index (χ0) is 17.8. The summed E-state index contributed by atoms with van der Waals surface area (Å²) < 4.78 is 11.1. The van der Waals surface area contributed by atoms with Gasteiger partial charge in [-0.25, -0.2) is 9.97 Å². The molecule has 3 heterocycles. The maximum atomic E-state index is 5.75. The third-order valence-electron chi connectivity index (χ3n) is 5.15. The fourth-order valence-electron chi connectivity index (χ4n) is 3.72. The van der Waals surface area contributed by atoms with E-state index in [0.29, 0.717) is 6.61 Å². The summed E-state index contributed by atoms with van der Waals surface area (Å²) in [6, 6.07) is 10.3. The highest BCUT2D eigenvalue weighted by atomic mass is 16.5. The third-order valence-corrected chi connectivity index (χ3v) is 5.15. The van der Waals surface area contributed by atoms with Crippen LogP contribution in [0.25, 0.3) is 0 Å². The highest BCUT2D eigenvalue weighted by Crippen LogP contribution is 2.26. The number of morpholine rings is 1. The molecule has 1 atom stereocenters. The summed E-state index contributed by atoms with van der Waals surface area (Å²) in [5.74, 6) is 2.79. The first-order valence-corrected chi connectivity index (χ1v) is 9.36. The van der Waals surface area contributed by atoms with E-state index in [1.165, 1.54) is 18.4 Å². The van der Waals surface area contributed by atoms with Crippen LogP contribution in [-0.4, -0.2) is 54.8 Å². The molecule has 0 spiro atoms. The Balaban J connectivity index is 1.54. The van der Waals surface area contributed by atoms with Crippen molar-refractivity contribution in [2.24, 2.45) is 0 Å². The maximum absolute atomic E-state index is 5.75. The van der Waals surface area contributed by atoms with Crippen molar-refractivity contribution >= 4 is 5.82 Å². The van der Waals surface area contributed by atoms with Gasteiger partial charge in [0.15, 0.2) is 0 Å². The molecule has 6 heteroatoms. The van der Waals surface area contributed by atoms with E-state index in [9.17, 15) is 0 Å². The van der Waals surface area contributed by atoms with Gasteiger partial charge >= 0.3 is 0 Å². The van der Waals surface area contributed by atoms with Crippen LogP contribution in [-0.2, 0) is 11.3 Å². The molecule has 2 fully saturated rings. The first-order chi connectivity index (χ1) is 12.8. The molecular formula is C20H26N4O2. The summed E-state index contributed by atoms with van der Waals surface area (Å²) in [4.78, 5) is 14.2. The van der Waals surface area contributed by atoms with E-state index in [1.54, 1.807) is 7.11 Å². The number of hydrogen-bond donors (Lipinski definition) is 0. The van der Waals surface area contributed by atoms with E-state index in [-0.39, 0.29) is 6.04 Å². The molecule has 0 aliphatic carbocycles. The number of methoxy groups -OCH3 is 1. The molecule has 2 aliphatic rings. The summed E-state index contributed by atoms with van der Waals surface area (Å²) in [5, 5.41) is 0. The van der Waals surface area contributed by atoms with Crippen molar-refractivity contribution in [2.45, 2.75) is 25.4 Å². The van der Waals surface area contributed by atoms with Crippen molar-refractivity contribution in [1.29, 1.82) is 0 Å². The molecule has 26 heavy (non-hydrogen) atoms. The van der Waals surface area contributed by atoms with Crippen molar-refractivity contribution in [2.75, 3.05) is 44.9 Å². The molecule has 2 aliphatic heterocycles. The zero-order valence-electron chi connectivity index (χ0n) is 15.3. The van der Waals surface area contributed by atoms with Crippen LogP contribution < -0.4 is 9.64 Å². The summed E-state index contributed by atoms with van der Waals surface area (Å²) in [5.41, 5.74) is 1.23. The minimum absolute atomic E-state index is 0.0810. The molecule has 0 saturated carbocycles. The highest BCUT2D eigenvalue weighted by molar-refractivity contribution is 5.38. The SMILES string of the molecule is COc1cccc(CN2CCOCC2c2nccc(N3CCCC3)n2)c1. The zero-order valence-corrected chi connectivity index (χ0v) is 15.3. The highest BCUT2D eigenvalue weighted by Gasteiger charge is 2.28. The number of ether oxygens (including phenoxy) is 2. The first kappa shape index (κ1) is 17.2. The number of benzene rings is 1. The second-order valence-electron chi connectivity index (χ2n) is 6.88. The molecule has 1 aromatic carbocycles. The Morgan fingerprint density at radius 3 is 2.92 bits per heavy atom. The van der Waals surface area contributed by atoms with E-state index in [1.807, 2.05) is 24.4 Å². The van der Waals surface area contributed by atoms with E-state index < -0.39 is 0 Å². The molecule has 138 valence electrons. The molecule has 0 radical (unpaired) electrons. The monoisotopic (exact) mass is 354 g/mol. The molecule has 6 nitrogen and oxygen atoms in total. The number of hydrogen-bond acceptors (Lipinski definition) is 6. The minimum atomic E-state index is 0.0810. The van der Waals surface area contributed by atoms with Crippen LogP contribution >= 0.6 is 0 Å². The van der Waals surface area contributed by atoms with E-state index in [2.05, 4.69) is 26.9 Å². The summed E-state index contributed by atoms with van der Waals surface area (Å²) in [6.07, 6.45) is 4.37. The Bertz CT molecular complexity index is 733. The van der Waals surface area contributed by atoms with Gasteiger partial charge < -0.3 is 14.4 Å². The van der Waals surface area contributed by atoms with Crippen molar-refractivity contribution in [3.8, 4) is 5.75 Å². The Morgan fingerprint density at radius 1 is 1.19 bits per heavy atom. The molecule has 4 rings (SSSR count). The predicted octanol–water partition coefficient (Wildman–Crippen LogP) is 2.66. The van der Waals surface area contributed by atoms with Gasteiger partial charge in [-0.15, -0.1) is 0 Å². The van der Waals surface area contributed by atoms with Gasteiger partial charge in [0.1, 0.15) is 17.4 Å². The van der Waals surface area contributed by atoms with Crippen LogP contribution in [0.3, 0.4) is 0 Å². The molecule has 0 amide bonds. The Morgan fingerprint density at radius 2 is 2.08 bits per heavy atom. The van der Waals surface area contributed by atoms with Crippen molar-refractivity contribution in [3.05, 3.63) is 47.9 Å². The molecular weight excluding hydrogens is 328 g/mol. The van der Waals surface area contributed by atoms with Crippen molar-refractivity contribution < 1.29 is 9.47 Å². The number of nitrogens with zero attached hydrogens (tertiary/aromatic N) is 4. The fraction of sp³-hybridized carbons (Fsp3) is 0.500. The molecule has 0 N–H and O–H groups in total. The second kappa shape index (κ2) is 8.01. The first-order valence-electron chi connectivity index (χ1n) is 9.36. The molecule has 2 saturated heterocycles. The van der Waals surface area contributed by atoms with Gasteiger partial charge in [0.2, 0.25) is 0 Å². The van der Waals surface area contributed by atoms with Gasteiger partial charge in [-0.05, 0) is 36.6 Å². The van der Waals surface area contributed by atoms with E-state index in [0.717, 1.165) is 50.2 Å².